The third kappa shape index (κ3) is 5.48. The number of urea groups is 1. The summed E-state index contributed by atoms with van der Waals surface area (Å²) in [7, 11) is 0. The smallest absolute Gasteiger partial charge is 0.319 e. The van der Waals surface area contributed by atoms with Crippen molar-refractivity contribution in [3.8, 4) is 0 Å². The van der Waals surface area contributed by atoms with Crippen LogP contribution < -0.4 is 10.6 Å². The van der Waals surface area contributed by atoms with Crippen LogP contribution in [0.3, 0.4) is 0 Å². The molecule has 0 fully saturated rings. The maximum atomic E-state index is 11.7. The van der Waals surface area contributed by atoms with Crippen molar-refractivity contribution in [2.75, 3.05) is 5.32 Å². The molecule has 0 spiro atoms. The first-order chi connectivity index (χ1) is 8.92. The maximum absolute atomic E-state index is 11.7. The lowest BCUT2D eigenvalue weighted by molar-refractivity contribution is -0.137. The number of carbonyl (C=O) groups excluding carboxylic acids is 1. The first-order valence-electron chi connectivity index (χ1n) is 5.66. The van der Waals surface area contributed by atoms with Crippen molar-refractivity contribution in [3.05, 3.63) is 27.7 Å². The number of halogens is 2. The molecule has 0 aliphatic rings. The van der Waals surface area contributed by atoms with Crippen LogP contribution >= 0.6 is 27.5 Å². The molecule has 0 saturated carbocycles. The van der Waals surface area contributed by atoms with Crippen LogP contribution in [0.5, 0.6) is 0 Å². The van der Waals surface area contributed by atoms with Crippen molar-refractivity contribution >= 4 is 45.2 Å². The molecule has 0 saturated heterocycles. The Morgan fingerprint density at radius 2 is 2.16 bits per heavy atom. The van der Waals surface area contributed by atoms with E-state index in [1.807, 2.05) is 6.92 Å². The van der Waals surface area contributed by atoms with Gasteiger partial charge in [-0.25, -0.2) is 4.79 Å². The molecule has 2 amide bonds. The van der Waals surface area contributed by atoms with Gasteiger partial charge in [0.25, 0.3) is 0 Å². The molecule has 5 nitrogen and oxygen atoms in total. The van der Waals surface area contributed by atoms with Gasteiger partial charge in [-0.05, 0) is 40.5 Å². The van der Waals surface area contributed by atoms with Crippen molar-refractivity contribution in [2.24, 2.45) is 0 Å². The Hall–Kier alpha value is -1.27. The molecule has 1 unspecified atom stereocenters. The topological polar surface area (TPSA) is 78.4 Å². The summed E-state index contributed by atoms with van der Waals surface area (Å²) >= 11 is 9.07. The van der Waals surface area contributed by atoms with Gasteiger partial charge in [0.15, 0.2) is 0 Å². The zero-order chi connectivity index (χ0) is 14.4. The molecule has 0 radical (unpaired) electrons. The average molecular weight is 350 g/mol. The molecule has 0 aliphatic carbocycles. The summed E-state index contributed by atoms with van der Waals surface area (Å²) in [4.78, 5) is 22.3. The standard InChI is InChI=1S/C12H14BrClN2O3/c1-2-8(6-11(17)18)15-12(19)16-10-4-3-7(14)5-9(10)13/h3-5,8H,2,6H2,1H3,(H,17,18)(H2,15,16,19). The highest BCUT2D eigenvalue weighted by atomic mass is 79.9. The minimum atomic E-state index is -0.945. The second-order valence-electron chi connectivity index (χ2n) is 3.93. The van der Waals surface area contributed by atoms with E-state index in [-0.39, 0.29) is 6.42 Å². The van der Waals surface area contributed by atoms with Crippen LogP contribution in [-0.2, 0) is 4.79 Å². The lowest BCUT2D eigenvalue weighted by Crippen LogP contribution is -2.38. The van der Waals surface area contributed by atoms with Gasteiger partial charge < -0.3 is 15.7 Å². The molecule has 1 atom stereocenters. The highest BCUT2D eigenvalue weighted by Crippen LogP contribution is 2.25. The SMILES string of the molecule is CCC(CC(=O)O)NC(=O)Nc1ccc(Cl)cc1Br. The highest BCUT2D eigenvalue weighted by molar-refractivity contribution is 9.10. The molecular formula is C12H14BrClN2O3. The summed E-state index contributed by atoms with van der Waals surface area (Å²) in [5, 5.41) is 14.5. The fraction of sp³-hybridized carbons (Fsp3) is 0.333. The van der Waals surface area contributed by atoms with Gasteiger partial charge in [-0.1, -0.05) is 18.5 Å². The molecule has 0 bridgehead atoms. The van der Waals surface area contributed by atoms with Gasteiger partial charge in [-0.3, -0.25) is 4.79 Å². The molecule has 0 aromatic heterocycles. The van der Waals surface area contributed by atoms with Crippen molar-refractivity contribution in [1.82, 2.24) is 5.32 Å². The summed E-state index contributed by atoms with van der Waals surface area (Å²) in [6.45, 7) is 1.81. The monoisotopic (exact) mass is 348 g/mol. The Labute approximate surface area is 124 Å². The summed E-state index contributed by atoms with van der Waals surface area (Å²) in [5.41, 5.74) is 0.562. The first-order valence-corrected chi connectivity index (χ1v) is 6.83. The van der Waals surface area contributed by atoms with E-state index in [1.54, 1.807) is 18.2 Å². The van der Waals surface area contributed by atoms with Gasteiger partial charge in [0, 0.05) is 15.5 Å². The number of benzene rings is 1. The van der Waals surface area contributed by atoms with E-state index >= 15 is 0 Å². The third-order valence-corrected chi connectivity index (χ3v) is 3.32. The van der Waals surface area contributed by atoms with E-state index in [9.17, 15) is 9.59 Å². The number of nitrogens with one attached hydrogen (secondary N) is 2. The van der Waals surface area contributed by atoms with Crippen LogP contribution in [0.15, 0.2) is 22.7 Å². The largest absolute Gasteiger partial charge is 0.481 e. The number of carboxylic acids is 1. The minimum absolute atomic E-state index is 0.105. The Balaban J connectivity index is 2.61. The third-order valence-electron chi connectivity index (χ3n) is 2.43. The molecule has 104 valence electrons. The fourth-order valence-corrected chi connectivity index (χ4v) is 2.22. The Bertz CT molecular complexity index is 482. The number of hydrogen-bond donors (Lipinski definition) is 3. The number of carboxylic acid groups (broad SMARTS) is 1. The van der Waals surface area contributed by atoms with Crippen LogP contribution in [-0.4, -0.2) is 23.1 Å². The van der Waals surface area contributed by atoms with Crippen LogP contribution in [0.2, 0.25) is 5.02 Å². The summed E-state index contributed by atoms with van der Waals surface area (Å²) < 4.78 is 0.654. The van der Waals surface area contributed by atoms with Gasteiger partial charge in [-0.15, -0.1) is 0 Å². The Morgan fingerprint density at radius 1 is 1.47 bits per heavy atom. The number of amides is 2. The van der Waals surface area contributed by atoms with E-state index in [0.717, 1.165) is 0 Å². The Morgan fingerprint density at radius 3 is 2.68 bits per heavy atom. The van der Waals surface area contributed by atoms with E-state index in [1.165, 1.54) is 0 Å². The van der Waals surface area contributed by atoms with E-state index in [2.05, 4.69) is 26.6 Å². The lowest BCUT2D eigenvalue weighted by Gasteiger charge is -2.16. The molecule has 19 heavy (non-hydrogen) atoms. The Kier molecular flexibility index (Phi) is 6.11. The zero-order valence-electron chi connectivity index (χ0n) is 10.2. The first kappa shape index (κ1) is 15.8. The normalized spacial score (nSPS) is 11.7. The van der Waals surface area contributed by atoms with Crippen LogP contribution in [0.4, 0.5) is 10.5 Å². The van der Waals surface area contributed by atoms with E-state index in [0.29, 0.717) is 21.6 Å². The van der Waals surface area contributed by atoms with E-state index < -0.39 is 18.0 Å². The van der Waals surface area contributed by atoms with E-state index in [4.69, 9.17) is 16.7 Å². The summed E-state index contributed by atoms with van der Waals surface area (Å²) in [6, 6.07) is 4.12. The van der Waals surface area contributed by atoms with Gasteiger partial charge in [-0.2, -0.15) is 0 Å². The highest BCUT2D eigenvalue weighted by Gasteiger charge is 2.14. The second-order valence-corrected chi connectivity index (χ2v) is 5.22. The predicted octanol–water partition coefficient (Wildman–Crippen LogP) is 3.48. The number of anilines is 1. The molecule has 0 heterocycles. The number of carbonyl (C=O) groups is 2. The second kappa shape index (κ2) is 7.35. The summed E-state index contributed by atoms with van der Waals surface area (Å²) in [5.74, 6) is -0.945. The van der Waals surface area contributed by atoms with Crippen LogP contribution in [0.25, 0.3) is 0 Å². The molecular weight excluding hydrogens is 336 g/mol. The number of rotatable bonds is 5. The fourth-order valence-electron chi connectivity index (χ4n) is 1.44. The predicted molar refractivity (Wildman–Crippen MR) is 77.6 cm³/mol. The van der Waals surface area contributed by atoms with Crippen molar-refractivity contribution in [2.45, 2.75) is 25.8 Å². The van der Waals surface area contributed by atoms with Crippen molar-refractivity contribution in [1.29, 1.82) is 0 Å². The van der Waals surface area contributed by atoms with Gasteiger partial charge in [0.05, 0.1) is 12.1 Å². The number of aliphatic carboxylic acids is 1. The van der Waals surface area contributed by atoms with Crippen LogP contribution in [0, 0.1) is 0 Å². The molecule has 1 aromatic rings. The molecule has 1 rings (SSSR count). The lowest BCUT2D eigenvalue weighted by atomic mass is 10.1. The van der Waals surface area contributed by atoms with Gasteiger partial charge in [0.2, 0.25) is 0 Å². The van der Waals surface area contributed by atoms with Crippen molar-refractivity contribution < 1.29 is 14.7 Å². The maximum Gasteiger partial charge on any atom is 0.319 e. The quantitative estimate of drug-likeness (QED) is 0.761. The average Bonchev–Trinajstić information content (AvgIpc) is 2.31. The number of hydrogen-bond acceptors (Lipinski definition) is 2. The van der Waals surface area contributed by atoms with Gasteiger partial charge >= 0.3 is 12.0 Å². The van der Waals surface area contributed by atoms with Crippen molar-refractivity contribution in [3.63, 3.8) is 0 Å². The van der Waals surface area contributed by atoms with Gasteiger partial charge in [0.1, 0.15) is 0 Å². The zero-order valence-corrected chi connectivity index (χ0v) is 12.6. The molecule has 3 N–H and O–H groups in total. The molecule has 1 aromatic carbocycles. The minimum Gasteiger partial charge on any atom is -0.481 e. The van der Waals surface area contributed by atoms with Crippen LogP contribution in [0.1, 0.15) is 19.8 Å². The summed E-state index contributed by atoms with van der Waals surface area (Å²) in [6.07, 6.45) is 0.438. The molecule has 7 heteroatoms. The molecule has 0 aliphatic heterocycles.